The number of anilines is 1. The number of hydrogen-bond donors (Lipinski definition) is 1. The second-order valence-electron chi connectivity index (χ2n) is 8.24. The van der Waals surface area contributed by atoms with Gasteiger partial charge in [0.1, 0.15) is 18.4 Å². The first-order valence-electron chi connectivity index (χ1n) is 10.6. The van der Waals surface area contributed by atoms with Gasteiger partial charge >= 0.3 is 10.2 Å². The molecule has 0 heterocycles. The number of hydrogen-bond acceptors (Lipinski definition) is 4. The highest BCUT2D eigenvalue weighted by molar-refractivity contribution is 7.90. The summed E-state index contributed by atoms with van der Waals surface area (Å²) in [6, 6.07) is 10.9. The molecule has 2 aromatic rings. The van der Waals surface area contributed by atoms with Gasteiger partial charge in [-0.2, -0.15) is 12.7 Å². The molecule has 8 nitrogen and oxygen atoms in total. The fourth-order valence-electron chi connectivity index (χ4n) is 3.13. The molecule has 0 fully saturated rings. The zero-order valence-corrected chi connectivity index (χ0v) is 21.4. The molecule has 0 saturated carbocycles. The van der Waals surface area contributed by atoms with Crippen LogP contribution in [-0.4, -0.2) is 62.2 Å². The maximum atomic E-state index is 14.6. The lowest BCUT2D eigenvalue weighted by Crippen LogP contribution is -2.53. The fourth-order valence-corrected chi connectivity index (χ4v) is 4.32. The van der Waals surface area contributed by atoms with E-state index >= 15 is 0 Å². The van der Waals surface area contributed by atoms with Gasteiger partial charge in [-0.05, 0) is 50.6 Å². The number of para-hydroxylation sites is 1. The summed E-state index contributed by atoms with van der Waals surface area (Å²) in [4.78, 5) is 27.5. The lowest BCUT2D eigenvalue weighted by molar-refractivity contribution is -0.139. The molecule has 0 aliphatic rings. The van der Waals surface area contributed by atoms with Gasteiger partial charge in [-0.25, -0.2) is 8.70 Å². The smallest absolute Gasteiger partial charge is 0.304 e. The maximum Gasteiger partial charge on any atom is 0.304 e. The summed E-state index contributed by atoms with van der Waals surface area (Å²) in [5, 5.41) is 3.27. The third-order valence-electron chi connectivity index (χ3n) is 5.00. The van der Waals surface area contributed by atoms with Crippen molar-refractivity contribution in [2.75, 3.05) is 24.9 Å². The molecule has 0 aromatic heterocycles. The molecule has 0 bridgehead atoms. The largest absolute Gasteiger partial charge is 0.352 e. The van der Waals surface area contributed by atoms with E-state index in [9.17, 15) is 22.4 Å². The van der Waals surface area contributed by atoms with Gasteiger partial charge in [0.15, 0.2) is 0 Å². The van der Waals surface area contributed by atoms with Gasteiger partial charge < -0.3 is 10.2 Å². The molecule has 0 saturated heterocycles. The van der Waals surface area contributed by atoms with Gasteiger partial charge in [0, 0.05) is 31.7 Å². The van der Waals surface area contributed by atoms with Crippen molar-refractivity contribution in [3.63, 3.8) is 0 Å². The third kappa shape index (κ3) is 6.91. The monoisotopic (exact) mass is 512 g/mol. The van der Waals surface area contributed by atoms with Gasteiger partial charge in [-0.3, -0.25) is 9.59 Å². The Labute approximate surface area is 205 Å². The van der Waals surface area contributed by atoms with Crippen LogP contribution >= 0.6 is 11.6 Å². The molecule has 0 aliphatic carbocycles. The summed E-state index contributed by atoms with van der Waals surface area (Å²) in [7, 11) is -1.65. The number of benzene rings is 2. The molecule has 34 heavy (non-hydrogen) atoms. The Hall–Kier alpha value is -2.69. The van der Waals surface area contributed by atoms with E-state index in [0.29, 0.717) is 14.9 Å². The second-order valence-corrected chi connectivity index (χ2v) is 10.7. The summed E-state index contributed by atoms with van der Waals surface area (Å²) in [5.41, 5.74) is 0.421. The van der Waals surface area contributed by atoms with E-state index in [4.69, 9.17) is 11.6 Å². The van der Waals surface area contributed by atoms with Crippen LogP contribution in [0.3, 0.4) is 0 Å². The van der Waals surface area contributed by atoms with E-state index < -0.39 is 40.4 Å². The van der Waals surface area contributed by atoms with Gasteiger partial charge in [0.05, 0.1) is 5.69 Å². The standard InChI is InChI=1S/C23H30ClFN4O4S/c1-16(2)26-23(31)17(3)28(14-18-10-12-19(24)13-11-18)22(30)15-29(34(32,33)27(4)5)21-9-7-6-8-20(21)25/h6-13,16-17H,14-15H2,1-5H3,(H,26,31)/t17-/m1/s1. The van der Waals surface area contributed by atoms with Crippen LogP contribution in [0.25, 0.3) is 0 Å². The molecule has 2 aromatic carbocycles. The topological polar surface area (TPSA) is 90.0 Å². The molecule has 2 amide bonds. The zero-order chi connectivity index (χ0) is 25.6. The van der Waals surface area contributed by atoms with E-state index in [-0.39, 0.29) is 18.3 Å². The first-order valence-corrected chi connectivity index (χ1v) is 12.4. The number of nitrogens with zero attached hydrogens (tertiary/aromatic N) is 3. The molecule has 0 aliphatic heterocycles. The summed E-state index contributed by atoms with van der Waals surface area (Å²) in [5.74, 6) is -1.86. The van der Waals surface area contributed by atoms with E-state index in [0.717, 1.165) is 10.4 Å². The van der Waals surface area contributed by atoms with E-state index in [2.05, 4.69) is 5.32 Å². The highest BCUT2D eigenvalue weighted by Crippen LogP contribution is 2.24. The van der Waals surface area contributed by atoms with Crippen molar-refractivity contribution < 1.29 is 22.4 Å². The van der Waals surface area contributed by atoms with Crippen molar-refractivity contribution in [1.29, 1.82) is 0 Å². The Morgan fingerprint density at radius 2 is 1.62 bits per heavy atom. The first kappa shape index (κ1) is 27.6. The Balaban J connectivity index is 2.46. The SMILES string of the molecule is CC(C)NC(=O)[C@@H](C)N(Cc1ccc(Cl)cc1)C(=O)CN(c1ccccc1F)S(=O)(=O)N(C)C. The van der Waals surface area contributed by atoms with E-state index in [1.807, 2.05) is 0 Å². The van der Waals surface area contributed by atoms with Crippen molar-refractivity contribution in [3.8, 4) is 0 Å². The number of halogens is 2. The molecular weight excluding hydrogens is 483 g/mol. The highest BCUT2D eigenvalue weighted by atomic mass is 35.5. The normalized spacial score (nSPS) is 12.5. The van der Waals surface area contributed by atoms with Crippen LogP contribution in [-0.2, 0) is 26.3 Å². The van der Waals surface area contributed by atoms with Crippen molar-refractivity contribution in [1.82, 2.24) is 14.5 Å². The van der Waals surface area contributed by atoms with Crippen LogP contribution in [0.1, 0.15) is 26.3 Å². The predicted octanol–water partition coefficient (Wildman–Crippen LogP) is 3.03. The van der Waals surface area contributed by atoms with Crippen LogP contribution in [0.5, 0.6) is 0 Å². The minimum absolute atomic E-state index is 0.0236. The summed E-state index contributed by atoms with van der Waals surface area (Å²) in [6.07, 6.45) is 0. The molecule has 186 valence electrons. The number of amides is 2. The molecule has 0 unspecified atom stereocenters. The fraction of sp³-hybridized carbons (Fsp3) is 0.391. The summed E-state index contributed by atoms with van der Waals surface area (Å²) < 4.78 is 42.2. The van der Waals surface area contributed by atoms with Crippen molar-refractivity contribution in [2.45, 2.75) is 39.4 Å². The molecule has 0 spiro atoms. The van der Waals surface area contributed by atoms with Gasteiger partial charge in [0.25, 0.3) is 0 Å². The molecule has 2 rings (SSSR count). The number of carbonyl (C=O) groups is 2. The predicted molar refractivity (Wildman–Crippen MR) is 131 cm³/mol. The average Bonchev–Trinajstić information content (AvgIpc) is 2.76. The lowest BCUT2D eigenvalue weighted by Gasteiger charge is -2.33. The van der Waals surface area contributed by atoms with Crippen LogP contribution in [0.4, 0.5) is 10.1 Å². The van der Waals surface area contributed by atoms with Gasteiger partial charge in [-0.15, -0.1) is 0 Å². The zero-order valence-electron chi connectivity index (χ0n) is 19.8. The first-order chi connectivity index (χ1) is 15.8. The van der Waals surface area contributed by atoms with E-state index in [1.165, 1.54) is 37.2 Å². The van der Waals surface area contributed by atoms with Crippen molar-refractivity contribution in [3.05, 3.63) is 64.9 Å². The molecule has 1 N–H and O–H groups in total. The van der Waals surface area contributed by atoms with Gasteiger partial charge in [0.2, 0.25) is 11.8 Å². The number of carbonyl (C=O) groups excluding carboxylic acids is 2. The Morgan fingerprint density at radius 3 is 2.15 bits per heavy atom. The second kappa shape index (κ2) is 11.6. The van der Waals surface area contributed by atoms with Crippen LogP contribution < -0.4 is 9.62 Å². The highest BCUT2D eigenvalue weighted by Gasteiger charge is 2.33. The molecule has 11 heteroatoms. The number of rotatable bonds is 10. The van der Waals surface area contributed by atoms with Crippen LogP contribution in [0.15, 0.2) is 48.5 Å². The van der Waals surface area contributed by atoms with Crippen molar-refractivity contribution in [2.24, 2.45) is 0 Å². The molecule has 0 radical (unpaired) electrons. The molecule has 1 atom stereocenters. The third-order valence-corrected chi connectivity index (χ3v) is 7.06. The Morgan fingerprint density at radius 1 is 1.03 bits per heavy atom. The van der Waals surface area contributed by atoms with Crippen molar-refractivity contribution >= 4 is 39.3 Å². The minimum atomic E-state index is -4.23. The van der Waals surface area contributed by atoms with Gasteiger partial charge in [-0.1, -0.05) is 35.9 Å². The Bertz CT molecular complexity index is 1110. The average molecular weight is 513 g/mol. The minimum Gasteiger partial charge on any atom is -0.352 e. The Kier molecular flexibility index (Phi) is 9.43. The maximum absolute atomic E-state index is 14.6. The lowest BCUT2D eigenvalue weighted by atomic mass is 10.1. The molecular formula is C23H30ClFN4O4S. The number of nitrogens with one attached hydrogen (secondary N) is 1. The van der Waals surface area contributed by atoms with E-state index in [1.54, 1.807) is 45.0 Å². The van der Waals surface area contributed by atoms with Crippen LogP contribution in [0.2, 0.25) is 5.02 Å². The summed E-state index contributed by atoms with van der Waals surface area (Å²) in [6.45, 7) is 4.46. The summed E-state index contributed by atoms with van der Waals surface area (Å²) >= 11 is 5.95. The van der Waals surface area contributed by atoms with Crippen LogP contribution in [0, 0.1) is 5.82 Å². The quantitative estimate of drug-likeness (QED) is 0.530.